The Bertz CT molecular complexity index is 733. The van der Waals surface area contributed by atoms with Crippen LogP contribution in [0.15, 0.2) is 53.6 Å². The SMILES string of the molecule is Cc1ccc(N2N=C(c3ccc(Cl)cc3)C3CCCCCC32)cc1. The molecular weight excluding hydrogens is 316 g/mol. The molecule has 0 N–H and O–H groups in total. The third-order valence-corrected chi connectivity index (χ3v) is 5.55. The van der Waals surface area contributed by atoms with Crippen molar-refractivity contribution in [3.63, 3.8) is 0 Å². The lowest BCUT2D eigenvalue weighted by Gasteiger charge is -2.26. The van der Waals surface area contributed by atoms with Gasteiger partial charge in [-0.2, -0.15) is 5.10 Å². The van der Waals surface area contributed by atoms with E-state index in [1.165, 1.54) is 54.6 Å². The minimum absolute atomic E-state index is 0.487. The van der Waals surface area contributed by atoms with E-state index in [0.717, 1.165) is 5.02 Å². The fraction of sp³-hybridized carbons (Fsp3) is 0.381. The van der Waals surface area contributed by atoms with Gasteiger partial charge in [0.25, 0.3) is 0 Å². The Morgan fingerprint density at radius 2 is 1.62 bits per heavy atom. The van der Waals surface area contributed by atoms with Crippen molar-refractivity contribution in [3.05, 3.63) is 64.7 Å². The minimum Gasteiger partial charge on any atom is -0.262 e. The third-order valence-electron chi connectivity index (χ3n) is 5.30. The zero-order chi connectivity index (χ0) is 16.5. The number of halogens is 1. The number of rotatable bonds is 2. The average Bonchev–Trinajstić information content (AvgIpc) is 2.78. The van der Waals surface area contributed by atoms with E-state index in [4.69, 9.17) is 16.7 Å². The van der Waals surface area contributed by atoms with Crippen LogP contribution in [0.3, 0.4) is 0 Å². The number of benzene rings is 2. The molecule has 0 saturated heterocycles. The highest BCUT2D eigenvalue weighted by molar-refractivity contribution is 6.30. The molecule has 4 rings (SSSR count). The van der Waals surface area contributed by atoms with Crippen molar-refractivity contribution in [1.29, 1.82) is 0 Å². The van der Waals surface area contributed by atoms with Crippen molar-refractivity contribution in [2.24, 2.45) is 11.0 Å². The van der Waals surface area contributed by atoms with E-state index in [9.17, 15) is 0 Å². The molecule has 124 valence electrons. The van der Waals surface area contributed by atoms with Crippen molar-refractivity contribution in [2.45, 2.75) is 45.1 Å². The van der Waals surface area contributed by atoms with E-state index in [-0.39, 0.29) is 0 Å². The predicted octanol–water partition coefficient (Wildman–Crippen LogP) is 5.82. The van der Waals surface area contributed by atoms with Crippen LogP contribution in [0.4, 0.5) is 5.69 Å². The molecule has 2 aromatic rings. The predicted molar refractivity (Wildman–Crippen MR) is 102 cm³/mol. The lowest BCUT2D eigenvalue weighted by molar-refractivity contribution is 0.501. The maximum atomic E-state index is 6.07. The van der Waals surface area contributed by atoms with Gasteiger partial charge in [0.15, 0.2) is 0 Å². The van der Waals surface area contributed by atoms with Gasteiger partial charge in [-0.05, 0) is 49.6 Å². The van der Waals surface area contributed by atoms with Crippen molar-refractivity contribution in [2.75, 3.05) is 5.01 Å². The highest BCUT2D eigenvalue weighted by Gasteiger charge is 2.38. The van der Waals surface area contributed by atoms with Crippen LogP contribution in [0.25, 0.3) is 0 Å². The lowest BCUT2D eigenvalue weighted by Crippen LogP contribution is -2.32. The van der Waals surface area contributed by atoms with E-state index < -0.39 is 0 Å². The first-order valence-electron chi connectivity index (χ1n) is 8.93. The lowest BCUT2D eigenvalue weighted by atomic mass is 9.87. The maximum absolute atomic E-state index is 6.07. The molecule has 0 spiro atoms. The first kappa shape index (κ1) is 15.7. The maximum Gasteiger partial charge on any atom is 0.0734 e. The van der Waals surface area contributed by atoms with Gasteiger partial charge in [-0.25, -0.2) is 0 Å². The molecule has 2 aliphatic rings. The zero-order valence-corrected chi connectivity index (χ0v) is 14.8. The van der Waals surface area contributed by atoms with Gasteiger partial charge >= 0.3 is 0 Å². The van der Waals surface area contributed by atoms with Crippen molar-refractivity contribution in [1.82, 2.24) is 0 Å². The summed E-state index contributed by atoms with van der Waals surface area (Å²) in [6.07, 6.45) is 6.39. The third kappa shape index (κ3) is 2.95. The molecular formula is C21H23ClN2. The molecule has 24 heavy (non-hydrogen) atoms. The smallest absolute Gasteiger partial charge is 0.0734 e. The van der Waals surface area contributed by atoms with E-state index in [2.05, 4.69) is 48.3 Å². The number of aryl methyl sites for hydroxylation is 1. The number of anilines is 1. The molecule has 1 aliphatic heterocycles. The Kier molecular flexibility index (Phi) is 4.32. The monoisotopic (exact) mass is 338 g/mol. The van der Waals surface area contributed by atoms with Gasteiger partial charge in [-0.3, -0.25) is 5.01 Å². The van der Waals surface area contributed by atoms with Gasteiger partial charge in [-0.1, -0.05) is 60.7 Å². The minimum atomic E-state index is 0.487. The molecule has 1 fully saturated rings. The zero-order valence-electron chi connectivity index (χ0n) is 14.1. The van der Waals surface area contributed by atoms with Crippen LogP contribution in [-0.2, 0) is 0 Å². The summed E-state index contributed by atoms with van der Waals surface area (Å²) in [5.41, 5.74) is 4.95. The first-order valence-corrected chi connectivity index (χ1v) is 9.30. The molecule has 1 saturated carbocycles. The van der Waals surface area contributed by atoms with Crippen LogP contribution in [0.1, 0.15) is 43.2 Å². The first-order chi connectivity index (χ1) is 11.7. The highest BCUT2D eigenvalue weighted by Crippen LogP contribution is 2.38. The van der Waals surface area contributed by atoms with Gasteiger partial charge in [-0.15, -0.1) is 0 Å². The summed E-state index contributed by atoms with van der Waals surface area (Å²) < 4.78 is 0. The Hall–Kier alpha value is -1.80. The summed E-state index contributed by atoms with van der Waals surface area (Å²) in [5.74, 6) is 0.523. The largest absolute Gasteiger partial charge is 0.262 e. The Morgan fingerprint density at radius 1 is 0.917 bits per heavy atom. The van der Waals surface area contributed by atoms with Gasteiger partial charge in [0.1, 0.15) is 0 Å². The Balaban J connectivity index is 1.74. The molecule has 3 heteroatoms. The summed E-state index contributed by atoms with van der Waals surface area (Å²) in [7, 11) is 0. The Labute approximate surface area is 149 Å². The molecule has 0 bridgehead atoms. The average molecular weight is 339 g/mol. The number of nitrogens with zero attached hydrogens (tertiary/aromatic N) is 2. The normalized spacial score (nSPS) is 23.6. The summed E-state index contributed by atoms with van der Waals surface area (Å²) in [6, 6.07) is 17.4. The van der Waals surface area contributed by atoms with Gasteiger partial charge < -0.3 is 0 Å². The summed E-state index contributed by atoms with van der Waals surface area (Å²) in [6.45, 7) is 2.13. The summed E-state index contributed by atoms with van der Waals surface area (Å²) in [4.78, 5) is 0. The molecule has 2 unspecified atom stereocenters. The molecule has 2 nitrogen and oxygen atoms in total. The van der Waals surface area contributed by atoms with Gasteiger partial charge in [0.2, 0.25) is 0 Å². The number of hydrogen-bond acceptors (Lipinski definition) is 2. The van der Waals surface area contributed by atoms with Gasteiger partial charge in [0, 0.05) is 10.9 Å². The van der Waals surface area contributed by atoms with Crippen molar-refractivity contribution >= 4 is 23.0 Å². The molecule has 0 aromatic heterocycles. The van der Waals surface area contributed by atoms with E-state index >= 15 is 0 Å². The highest BCUT2D eigenvalue weighted by atomic mass is 35.5. The second-order valence-corrected chi connectivity index (χ2v) is 7.42. The quantitative estimate of drug-likeness (QED) is 0.673. The fourth-order valence-corrected chi connectivity index (χ4v) is 4.13. The second-order valence-electron chi connectivity index (χ2n) is 6.98. The van der Waals surface area contributed by atoms with Crippen LogP contribution in [0.2, 0.25) is 5.02 Å². The van der Waals surface area contributed by atoms with E-state index in [0.29, 0.717) is 12.0 Å². The molecule has 0 amide bonds. The standard InChI is InChI=1S/C21H23ClN2/c1-15-7-13-18(14-8-15)24-20-6-4-2-3-5-19(20)21(23-24)16-9-11-17(22)12-10-16/h7-14,19-20H,2-6H2,1H3. The van der Waals surface area contributed by atoms with Crippen LogP contribution in [0, 0.1) is 12.8 Å². The van der Waals surface area contributed by atoms with Crippen LogP contribution in [-0.4, -0.2) is 11.8 Å². The second kappa shape index (κ2) is 6.60. The van der Waals surface area contributed by atoms with E-state index in [1.807, 2.05) is 12.1 Å². The molecule has 2 aromatic carbocycles. The fourth-order valence-electron chi connectivity index (χ4n) is 4.00. The van der Waals surface area contributed by atoms with Gasteiger partial charge in [0.05, 0.1) is 17.4 Å². The van der Waals surface area contributed by atoms with E-state index in [1.54, 1.807) is 0 Å². The molecule has 1 heterocycles. The number of hydrogen-bond donors (Lipinski definition) is 0. The Morgan fingerprint density at radius 3 is 2.38 bits per heavy atom. The van der Waals surface area contributed by atoms with Crippen molar-refractivity contribution < 1.29 is 0 Å². The molecule has 2 atom stereocenters. The molecule has 0 radical (unpaired) electrons. The van der Waals surface area contributed by atoms with Crippen LogP contribution >= 0.6 is 11.6 Å². The van der Waals surface area contributed by atoms with Crippen LogP contribution in [0.5, 0.6) is 0 Å². The summed E-state index contributed by atoms with van der Waals surface area (Å²) >= 11 is 6.07. The topological polar surface area (TPSA) is 15.6 Å². The summed E-state index contributed by atoms with van der Waals surface area (Å²) in [5, 5.41) is 8.14. The molecule has 1 aliphatic carbocycles. The van der Waals surface area contributed by atoms with Crippen molar-refractivity contribution in [3.8, 4) is 0 Å². The number of fused-ring (bicyclic) bond motifs is 1. The van der Waals surface area contributed by atoms with Crippen LogP contribution < -0.4 is 5.01 Å². The number of hydrazone groups is 1.